The maximum Gasteiger partial charge on any atom is 0.283 e. The predicted molar refractivity (Wildman–Crippen MR) is 74.0 cm³/mol. The van der Waals surface area contributed by atoms with Crippen LogP contribution >= 0.6 is 12.2 Å². The Bertz CT molecular complexity index is 741. The van der Waals surface area contributed by atoms with Crippen LogP contribution in [0.15, 0.2) is 33.2 Å². The maximum atomic E-state index is 11.6. The summed E-state index contributed by atoms with van der Waals surface area (Å²) in [7, 11) is 0. The molecule has 0 saturated carbocycles. The zero-order chi connectivity index (χ0) is 14.0. The fraction of sp³-hybridized carbons (Fsp3) is 0.167. The van der Waals surface area contributed by atoms with Crippen LogP contribution in [0.1, 0.15) is 11.1 Å². The molecule has 0 radical (unpaired) electrons. The van der Waals surface area contributed by atoms with Gasteiger partial charge in [0.05, 0.1) is 5.69 Å². The molecule has 1 aromatic heterocycles. The Morgan fingerprint density at radius 3 is 2.32 bits per heavy atom. The summed E-state index contributed by atoms with van der Waals surface area (Å²) in [6.45, 7) is 3.88. The van der Waals surface area contributed by atoms with Gasteiger partial charge in [0.25, 0.3) is 5.56 Å². The van der Waals surface area contributed by atoms with Gasteiger partial charge in [0.1, 0.15) is 0 Å². The molecule has 0 aliphatic rings. The van der Waals surface area contributed by atoms with Crippen LogP contribution in [0.3, 0.4) is 0 Å². The highest BCUT2D eigenvalue weighted by atomic mass is 32.1. The molecule has 2 aromatic rings. The molecular formula is C12H12N4O2S. The largest absolute Gasteiger partial charge is 0.493 e. The first-order valence-electron chi connectivity index (χ1n) is 5.51. The molecule has 7 heteroatoms. The number of aromatic nitrogens is 2. The van der Waals surface area contributed by atoms with Gasteiger partial charge in [-0.05, 0) is 49.3 Å². The van der Waals surface area contributed by atoms with E-state index in [0.29, 0.717) is 5.69 Å². The third-order valence-electron chi connectivity index (χ3n) is 2.37. The smallest absolute Gasteiger partial charge is 0.283 e. The molecular weight excluding hydrogens is 264 g/mol. The second-order valence-electron chi connectivity index (χ2n) is 4.15. The zero-order valence-electron chi connectivity index (χ0n) is 10.4. The van der Waals surface area contributed by atoms with Crippen molar-refractivity contribution in [2.45, 2.75) is 13.8 Å². The fourth-order valence-corrected chi connectivity index (χ4v) is 1.87. The molecule has 0 saturated heterocycles. The average Bonchev–Trinajstić information content (AvgIpc) is 2.25. The lowest BCUT2D eigenvalue weighted by atomic mass is 10.1. The van der Waals surface area contributed by atoms with Gasteiger partial charge >= 0.3 is 0 Å². The lowest BCUT2D eigenvalue weighted by Gasteiger charge is -1.99. The summed E-state index contributed by atoms with van der Waals surface area (Å²) >= 11 is 4.72. The Labute approximate surface area is 113 Å². The van der Waals surface area contributed by atoms with Crippen molar-refractivity contribution in [3.05, 3.63) is 44.5 Å². The van der Waals surface area contributed by atoms with Crippen molar-refractivity contribution >= 4 is 23.6 Å². The van der Waals surface area contributed by atoms with Gasteiger partial charge in [-0.25, -0.2) is 0 Å². The zero-order valence-corrected chi connectivity index (χ0v) is 11.2. The van der Waals surface area contributed by atoms with Gasteiger partial charge in [0.15, 0.2) is 4.77 Å². The lowest BCUT2D eigenvalue weighted by molar-refractivity contribution is 0.451. The molecule has 2 rings (SSSR count). The van der Waals surface area contributed by atoms with Crippen molar-refractivity contribution in [1.29, 1.82) is 0 Å². The topological polar surface area (TPSA) is 93.6 Å². The summed E-state index contributed by atoms with van der Waals surface area (Å²) in [5.41, 5.74) is 1.90. The number of hydrogen-bond donors (Lipinski definition) is 3. The summed E-state index contributed by atoms with van der Waals surface area (Å²) in [6, 6.07) is 5.66. The molecule has 19 heavy (non-hydrogen) atoms. The minimum absolute atomic E-state index is 0.0350. The van der Waals surface area contributed by atoms with Crippen molar-refractivity contribution in [1.82, 2.24) is 9.97 Å². The van der Waals surface area contributed by atoms with E-state index >= 15 is 0 Å². The maximum absolute atomic E-state index is 11.6. The molecule has 0 spiro atoms. The van der Waals surface area contributed by atoms with Crippen LogP contribution in [0.25, 0.3) is 0 Å². The summed E-state index contributed by atoms with van der Waals surface area (Å²) < 4.78 is 0.0350. The third kappa shape index (κ3) is 3.14. The van der Waals surface area contributed by atoms with Crippen LogP contribution in [0.2, 0.25) is 0 Å². The molecule has 3 N–H and O–H groups in total. The Morgan fingerprint density at radius 2 is 1.74 bits per heavy atom. The van der Waals surface area contributed by atoms with E-state index in [1.54, 1.807) is 0 Å². The van der Waals surface area contributed by atoms with Crippen molar-refractivity contribution in [2.24, 2.45) is 10.2 Å². The van der Waals surface area contributed by atoms with Crippen LogP contribution in [-0.4, -0.2) is 15.1 Å². The number of azo groups is 1. The number of aryl methyl sites for hydroxylation is 2. The Balaban J connectivity index is 2.43. The number of hydrogen-bond acceptors (Lipinski definition) is 5. The van der Waals surface area contributed by atoms with Crippen LogP contribution < -0.4 is 5.56 Å². The standard InChI is InChI=1S/C12H12N4O2S/c1-6-3-7(2)5-8(4-6)15-16-9-10(17)13-12(19)14-11(9)18/h3-5H,1-2H3,(H3,13,14,17,18,19). The van der Waals surface area contributed by atoms with E-state index in [9.17, 15) is 9.90 Å². The van der Waals surface area contributed by atoms with E-state index in [0.717, 1.165) is 11.1 Å². The summed E-state index contributed by atoms with van der Waals surface area (Å²) in [4.78, 5) is 16.3. The normalized spacial score (nSPS) is 11.1. The van der Waals surface area contributed by atoms with E-state index < -0.39 is 11.4 Å². The van der Waals surface area contributed by atoms with E-state index in [4.69, 9.17) is 12.2 Å². The predicted octanol–water partition coefficient (Wildman–Crippen LogP) is 3.17. The minimum atomic E-state index is -0.589. The number of aromatic hydroxyl groups is 1. The van der Waals surface area contributed by atoms with Crippen molar-refractivity contribution in [3.8, 4) is 5.88 Å². The number of benzene rings is 1. The van der Waals surface area contributed by atoms with Crippen LogP contribution in [0, 0.1) is 18.6 Å². The number of nitrogens with zero attached hydrogens (tertiary/aromatic N) is 2. The molecule has 0 fully saturated rings. The molecule has 0 aliphatic heterocycles. The monoisotopic (exact) mass is 276 g/mol. The van der Waals surface area contributed by atoms with Crippen molar-refractivity contribution in [2.75, 3.05) is 0 Å². The molecule has 0 amide bonds. The van der Waals surface area contributed by atoms with E-state index in [1.165, 1.54) is 0 Å². The van der Waals surface area contributed by atoms with Crippen molar-refractivity contribution < 1.29 is 5.11 Å². The molecule has 1 heterocycles. The first-order chi connectivity index (χ1) is 8.95. The molecule has 0 aliphatic carbocycles. The van der Waals surface area contributed by atoms with E-state index in [-0.39, 0.29) is 10.5 Å². The highest BCUT2D eigenvalue weighted by molar-refractivity contribution is 7.71. The van der Waals surface area contributed by atoms with Crippen LogP contribution in [0.4, 0.5) is 11.4 Å². The van der Waals surface area contributed by atoms with Gasteiger partial charge in [-0.1, -0.05) is 6.07 Å². The van der Waals surface area contributed by atoms with Gasteiger partial charge in [0.2, 0.25) is 11.6 Å². The van der Waals surface area contributed by atoms with Gasteiger partial charge in [0, 0.05) is 0 Å². The van der Waals surface area contributed by atoms with Crippen LogP contribution in [0.5, 0.6) is 5.88 Å². The molecule has 0 bridgehead atoms. The third-order valence-corrected chi connectivity index (χ3v) is 2.57. The molecule has 0 atom stereocenters. The Kier molecular flexibility index (Phi) is 3.57. The molecule has 98 valence electrons. The summed E-state index contributed by atoms with van der Waals surface area (Å²) in [5, 5.41) is 17.3. The van der Waals surface area contributed by atoms with Gasteiger partial charge in [-0.15, -0.1) is 5.11 Å². The van der Waals surface area contributed by atoms with Gasteiger partial charge < -0.3 is 10.1 Å². The minimum Gasteiger partial charge on any atom is -0.493 e. The molecule has 6 nitrogen and oxygen atoms in total. The fourth-order valence-electron chi connectivity index (χ4n) is 1.68. The Hall–Kier alpha value is -2.28. The lowest BCUT2D eigenvalue weighted by Crippen LogP contribution is -2.06. The first kappa shape index (κ1) is 13.2. The average molecular weight is 276 g/mol. The highest BCUT2D eigenvalue weighted by Crippen LogP contribution is 2.22. The molecule has 1 aromatic carbocycles. The molecule has 0 unspecified atom stereocenters. The van der Waals surface area contributed by atoms with Crippen molar-refractivity contribution in [3.63, 3.8) is 0 Å². The van der Waals surface area contributed by atoms with Gasteiger partial charge in [-0.3, -0.25) is 9.78 Å². The second kappa shape index (κ2) is 5.15. The van der Waals surface area contributed by atoms with Crippen LogP contribution in [-0.2, 0) is 0 Å². The summed E-state index contributed by atoms with van der Waals surface area (Å²) in [6.07, 6.45) is 0. The number of H-pyrrole nitrogens is 2. The SMILES string of the molecule is Cc1cc(C)cc(N=Nc2c(O)[nH]c(=S)[nH]c2=O)c1. The van der Waals surface area contributed by atoms with Gasteiger partial charge in [-0.2, -0.15) is 5.11 Å². The number of nitrogens with one attached hydrogen (secondary N) is 2. The summed E-state index contributed by atoms with van der Waals surface area (Å²) in [5.74, 6) is -0.401. The first-order valence-corrected chi connectivity index (χ1v) is 5.92. The second-order valence-corrected chi connectivity index (χ2v) is 4.56. The Morgan fingerprint density at radius 1 is 1.11 bits per heavy atom. The van der Waals surface area contributed by atoms with E-state index in [1.807, 2.05) is 32.0 Å². The number of rotatable bonds is 2. The quantitative estimate of drug-likeness (QED) is 0.581. The van der Waals surface area contributed by atoms with E-state index in [2.05, 4.69) is 20.2 Å². The highest BCUT2D eigenvalue weighted by Gasteiger charge is 2.06. The number of aromatic amines is 2.